The van der Waals surface area contributed by atoms with Gasteiger partial charge in [-0.25, -0.2) is 14.0 Å². The highest BCUT2D eigenvalue weighted by Crippen LogP contribution is 2.37. The Balaban J connectivity index is 0.000000345. The van der Waals surface area contributed by atoms with Gasteiger partial charge in [0.1, 0.15) is 5.76 Å². The molecule has 1 fully saturated rings. The monoisotopic (exact) mass is 423 g/mol. The van der Waals surface area contributed by atoms with Gasteiger partial charge in [-0.15, -0.1) is 0 Å². The highest BCUT2D eigenvalue weighted by atomic mass is 35.5. The van der Waals surface area contributed by atoms with Gasteiger partial charge in [-0.05, 0) is 41.4 Å². The van der Waals surface area contributed by atoms with Crippen LogP contribution in [0.1, 0.15) is 21.7 Å². The summed E-state index contributed by atoms with van der Waals surface area (Å²) in [5.41, 5.74) is -0.780. The molecule has 3 rings (SSSR count). The number of alkyl halides is 4. The summed E-state index contributed by atoms with van der Waals surface area (Å²) >= 11 is 5.69. The quantitative estimate of drug-likeness (QED) is 0.724. The topological polar surface area (TPSA) is 91.0 Å². The normalized spacial score (nSPS) is 15.9. The lowest BCUT2D eigenvalue weighted by atomic mass is 9.87. The molecule has 2 aromatic rings. The SMILES string of the molecule is O=C(O)C(F)(F)F.O=C(O)c1ccc(C2(F)CN(Cc3ccc(Cl)o3)C2)cc1. The minimum Gasteiger partial charge on any atom is -0.478 e. The van der Waals surface area contributed by atoms with E-state index in [0.717, 1.165) is 0 Å². The lowest BCUT2D eigenvalue weighted by Crippen LogP contribution is -2.55. The third kappa shape index (κ3) is 5.46. The Hall–Kier alpha value is -2.59. The Morgan fingerprint density at radius 2 is 1.64 bits per heavy atom. The van der Waals surface area contributed by atoms with Crippen molar-refractivity contribution in [2.75, 3.05) is 13.1 Å². The van der Waals surface area contributed by atoms with Crippen LogP contribution in [0.5, 0.6) is 0 Å². The molecule has 0 unspecified atom stereocenters. The van der Waals surface area contributed by atoms with Crippen LogP contribution >= 0.6 is 11.6 Å². The fourth-order valence-electron chi connectivity index (χ4n) is 2.53. The number of furan rings is 1. The third-order valence-corrected chi connectivity index (χ3v) is 4.05. The maximum Gasteiger partial charge on any atom is 0.490 e. The van der Waals surface area contributed by atoms with Crippen molar-refractivity contribution in [3.05, 3.63) is 58.5 Å². The number of halogens is 5. The smallest absolute Gasteiger partial charge is 0.478 e. The predicted octanol–water partition coefficient (Wildman–Crippen LogP) is 3.95. The van der Waals surface area contributed by atoms with Crippen LogP contribution in [-0.4, -0.2) is 46.3 Å². The van der Waals surface area contributed by atoms with E-state index in [4.69, 9.17) is 31.0 Å². The molecule has 0 radical (unpaired) electrons. The molecule has 11 heteroatoms. The average Bonchev–Trinajstić information content (AvgIpc) is 2.98. The van der Waals surface area contributed by atoms with Crippen molar-refractivity contribution in [1.29, 1.82) is 0 Å². The molecule has 1 aliphatic rings. The van der Waals surface area contributed by atoms with Gasteiger partial charge < -0.3 is 14.6 Å². The molecule has 1 aromatic heterocycles. The van der Waals surface area contributed by atoms with E-state index in [2.05, 4.69) is 0 Å². The van der Waals surface area contributed by atoms with Gasteiger partial charge in [0.15, 0.2) is 10.9 Å². The molecule has 0 aliphatic carbocycles. The summed E-state index contributed by atoms with van der Waals surface area (Å²) in [6.45, 7) is 1.00. The second-order valence-corrected chi connectivity index (χ2v) is 6.37. The Morgan fingerprint density at radius 1 is 1.11 bits per heavy atom. The molecule has 1 aliphatic heterocycles. The molecular weight excluding hydrogens is 410 g/mol. The molecule has 2 N–H and O–H groups in total. The molecule has 0 amide bonds. The van der Waals surface area contributed by atoms with Crippen LogP contribution in [0.2, 0.25) is 5.22 Å². The number of aliphatic carboxylic acids is 1. The van der Waals surface area contributed by atoms with E-state index in [-0.39, 0.29) is 18.7 Å². The van der Waals surface area contributed by atoms with Crippen LogP contribution in [-0.2, 0) is 17.0 Å². The number of hydrogen-bond acceptors (Lipinski definition) is 4. The van der Waals surface area contributed by atoms with E-state index >= 15 is 0 Å². The summed E-state index contributed by atoms with van der Waals surface area (Å²) in [5.74, 6) is -3.07. The van der Waals surface area contributed by atoms with E-state index in [9.17, 15) is 22.4 Å². The first-order valence-electron chi connectivity index (χ1n) is 7.70. The zero-order valence-corrected chi connectivity index (χ0v) is 14.8. The zero-order valence-electron chi connectivity index (χ0n) is 14.0. The van der Waals surface area contributed by atoms with E-state index in [1.807, 2.05) is 4.90 Å². The van der Waals surface area contributed by atoms with Crippen molar-refractivity contribution in [3.63, 3.8) is 0 Å². The number of carboxylic acid groups (broad SMARTS) is 2. The lowest BCUT2D eigenvalue weighted by molar-refractivity contribution is -0.192. The highest BCUT2D eigenvalue weighted by Gasteiger charge is 2.45. The summed E-state index contributed by atoms with van der Waals surface area (Å²) in [4.78, 5) is 21.6. The molecule has 1 aromatic carbocycles. The fourth-order valence-corrected chi connectivity index (χ4v) is 2.69. The Morgan fingerprint density at radius 3 is 2.04 bits per heavy atom. The summed E-state index contributed by atoms with van der Waals surface area (Å²) in [7, 11) is 0. The van der Waals surface area contributed by atoms with Crippen LogP contribution in [0.25, 0.3) is 0 Å². The second kappa shape index (κ2) is 8.19. The maximum absolute atomic E-state index is 14.7. The number of benzene rings is 1. The minimum atomic E-state index is -5.08. The molecule has 6 nitrogen and oxygen atoms in total. The number of carboxylic acids is 2. The van der Waals surface area contributed by atoms with Crippen molar-refractivity contribution in [3.8, 4) is 0 Å². The standard InChI is InChI=1S/C15H13ClFNO3.C2HF3O2/c16-13-6-5-12(21-13)7-18-8-15(17,9-18)11-3-1-10(2-4-11)14(19)20;3-2(4,5)1(6)7/h1-6H,7-9H2,(H,19,20);(H,6,7). The van der Waals surface area contributed by atoms with E-state index in [1.165, 1.54) is 24.3 Å². The van der Waals surface area contributed by atoms with Crippen molar-refractivity contribution in [2.24, 2.45) is 0 Å². The highest BCUT2D eigenvalue weighted by molar-refractivity contribution is 6.28. The van der Waals surface area contributed by atoms with Gasteiger partial charge in [-0.1, -0.05) is 12.1 Å². The number of aromatic carboxylic acids is 1. The van der Waals surface area contributed by atoms with Gasteiger partial charge in [0.2, 0.25) is 0 Å². The summed E-state index contributed by atoms with van der Waals surface area (Å²) in [5, 5.41) is 16.3. The Labute approximate surface area is 160 Å². The predicted molar refractivity (Wildman–Crippen MR) is 88.9 cm³/mol. The zero-order chi connectivity index (χ0) is 21.1. The summed E-state index contributed by atoms with van der Waals surface area (Å²) in [6.07, 6.45) is -5.08. The van der Waals surface area contributed by atoms with Crippen molar-refractivity contribution in [2.45, 2.75) is 18.4 Å². The molecule has 0 saturated carbocycles. The molecule has 0 bridgehead atoms. The van der Waals surface area contributed by atoms with E-state index < -0.39 is 23.8 Å². The van der Waals surface area contributed by atoms with Crippen LogP contribution in [0.3, 0.4) is 0 Å². The number of likely N-dealkylation sites (tertiary alicyclic amines) is 1. The Bertz CT molecular complexity index is 844. The summed E-state index contributed by atoms with van der Waals surface area (Å²) < 4.78 is 51.7. The Kier molecular flexibility index (Phi) is 6.35. The second-order valence-electron chi connectivity index (χ2n) is 6.00. The lowest BCUT2D eigenvalue weighted by Gasteiger charge is -2.44. The molecular formula is C17H14ClF4NO5. The fraction of sp³-hybridized carbons (Fsp3) is 0.294. The average molecular weight is 424 g/mol. The van der Waals surface area contributed by atoms with Gasteiger partial charge >= 0.3 is 18.1 Å². The van der Waals surface area contributed by atoms with Gasteiger partial charge in [-0.2, -0.15) is 13.2 Å². The molecule has 28 heavy (non-hydrogen) atoms. The number of rotatable bonds is 4. The van der Waals surface area contributed by atoms with Crippen LogP contribution in [0, 0.1) is 0 Å². The molecule has 2 heterocycles. The molecule has 0 spiro atoms. The van der Waals surface area contributed by atoms with Gasteiger partial charge in [0.25, 0.3) is 0 Å². The van der Waals surface area contributed by atoms with Crippen LogP contribution < -0.4 is 0 Å². The third-order valence-electron chi connectivity index (χ3n) is 3.85. The molecule has 0 atom stereocenters. The first-order chi connectivity index (χ1) is 12.9. The van der Waals surface area contributed by atoms with Gasteiger partial charge in [-0.3, -0.25) is 4.90 Å². The van der Waals surface area contributed by atoms with Crippen LogP contribution in [0.4, 0.5) is 17.6 Å². The summed E-state index contributed by atoms with van der Waals surface area (Å²) in [6, 6.07) is 9.34. The first kappa shape index (κ1) is 21.7. The van der Waals surface area contributed by atoms with Gasteiger partial charge in [0.05, 0.1) is 12.1 Å². The number of hydrogen-bond donors (Lipinski definition) is 2. The number of nitrogens with zero attached hydrogens (tertiary/aromatic N) is 1. The van der Waals surface area contributed by atoms with Crippen molar-refractivity contribution in [1.82, 2.24) is 4.90 Å². The maximum atomic E-state index is 14.7. The minimum absolute atomic E-state index is 0.156. The number of carbonyl (C=O) groups is 2. The van der Waals surface area contributed by atoms with Gasteiger partial charge in [0, 0.05) is 13.1 Å². The molecule has 152 valence electrons. The van der Waals surface area contributed by atoms with Crippen molar-refractivity contribution >= 4 is 23.5 Å². The van der Waals surface area contributed by atoms with Crippen molar-refractivity contribution < 1.29 is 41.8 Å². The first-order valence-corrected chi connectivity index (χ1v) is 8.08. The van der Waals surface area contributed by atoms with E-state index in [0.29, 0.717) is 23.1 Å². The largest absolute Gasteiger partial charge is 0.490 e. The molecule has 1 saturated heterocycles. The van der Waals surface area contributed by atoms with Crippen LogP contribution in [0.15, 0.2) is 40.8 Å². The van der Waals surface area contributed by atoms with E-state index in [1.54, 1.807) is 12.1 Å².